The lowest BCUT2D eigenvalue weighted by molar-refractivity contribution is -0.172. The van der Waals surface area contributed by atoms with Gasteiger partial charge in [-0.25, -0.2) is 4.39 Å². The highest BCUT2D eigenvalue weighted by Crippen LogP contribution is 2.58. The van der Waals surface area contributed by atoms with Crippen LogP contribution in [0.25, 0.3) is 0 Å². The van der Waals surface area contributed by atoms with Crippen LogP contribution >= 0.6 is 0 Å². The fourth-order valence-corrected chi connectivity index (χ4v) is 3.93. The monoisotopic (exact) mass is 292 g/mol. The van der Waals surface area contributed by atoms with Crippen molar-refractivity contribution in [3.8, 4) is 0 Å². The molecule has 114 valence electrons. The minimum Gasteiger partial charge on any atom is -0.377 e. The van der Waals surface area contributed by atoms with Gasteiger partial charge in [0.25, 0.3) is 0 Å². The van der Waals surface area contributed by atoms with Crippen LogP contribution in [-0.2, 0) is 9.53 Å². The summed E-state index contributed by atoms with van der Waals surface area (Å²) < 4.78 is 19.6. The van der Waals surface area contributed by atoms with E-state index in [1.165, 1.54) is 11.0 Å². The number of amides is 1. The zero-order chi connectivity index (χ0) is 15.4. The predicted molar refractivity (Wildman–Crippen MR) is 78.4 cm³/mol. The molecule has 1 aliphatic carbocycles. The molecule has 1 aliphatic heterocycles. The Kier molecular flexibility index (Phi) is 3.11. The van der Waals surface area contributed by atoms with Gasteiger partial charge in [-0.15, -0.1) is 0 Å². The molecule has 3 rings (SSSR count). The zero-order valence-corrected chi connectivity index (χ0v) is 12.6. The van der Waals surface area contributed by atoms with Gasteiger partial charge in [0, 0.05) is 25.0 Å². The van der Waals surface area contributed by atoms with Crippen LogP contribution in [0.15, 0.2) is 24.3 Å². The molecule has 0 bridgehead atoms. The lowest BCUT2D eigenvalue weighted by atomic mass is 9.47. The number of benzene rings is 1. The topological polar surface area (TPSA) is 55.6 Å². The van der Waals surface area contributed by atoms with E-state index in [1.807, 2.05) is 13.8 Å². The van der Waals surface area contributed by atoms with Gasteiger partial charge in [0.05, 0.1) is 11.8 Å². The summed E-state index contributed by atoms with van der Waals surface area (Å²) in [4.78, 5) is 14.3. The second kappa shape index (κ2) is 4.52. The van der Waals surface area contributed by atoms with Crippen molar-refractivity contribution >= 4 is 11.6 Å². The summed E-state index contributed by atoms with van der Waals surface area (Å²) in [6.45, 7) is 4.54. The second-order valence-electron chi connectivity index (χ2n) is 6.59. The Morgan fingerprint density at radius 3 is 2.76 bits per heavy atom. The molecule has 5 heteroatoms. The minimum absolute atomic E-state index is 0.00854. The summed E-state index contributed by atoms with van der Waals surface area (Å²) in [7, 11) is 1.58. The van der Waals surface area contributed by atoms with E-state index in [4.69, 9.17) is 10.5 Å². The Morgan fingerprint density at radius 2 is 2.10 bits per heavy atom. The van der Waals surface area contributed by atoms with E-state index < -0.39 is 16.8 Å². The first-order valence-electron chi connectivity index (χ1n) is 7.25. The molecule has 0 spiro atoms. The number of fused-ring (bicyclic) bond motifs is 1. The van der Waals surface area contributed by atoms with Gasteiger partial charge in [-0.05, 0) is 18.6 Å². The number of para-hydroxylation sites is 1. The number of nitrogens with two attached hydrogens (primary N) is 1. The maximum Gasteiger partial charge on any atom is 0.247 e. The van der Waals surface area contributed by atoms with Crippen LogP contribution in [0.5, 0.6) is 0 Å². The van der Waals surface area contributed by atoms with E-state index >= 15 is 0 Å². The SMILES string of the molecule is CN(C(=O)C1(N)C2CCOC2C1(C)C)c1ccccc1F. The van der Waals surface area contributed by atoms with Gasteiger partial charge < -0.3 is 15.4 Å². The summed E-state index contributed by atoms with van der Waals surface area (Å²) in [5.41, 5.74) is 5.30. The number of nitrogens with zero attached hydrogens (tertiary/aromatic N) is 1. The number of carbonyl (C=O) groups excluding carboxylic acids is 1. The number of hydrogen-bond donors (Lipinski definition) is 1. The second-order valence-corrected chi connectivity index (χ2v) is 6.59. The summed E-state index contributed by atoms with van der Waals surface area (Å²) in [6.07, 6.45) is 0.794. The van der Waals surface area contributed by atoms with Gasteiger partial charge in [-0.3, -0.25) is 4.79 Å². The molecule has 2 fully saturated rings. The lowest BCUT2D eigenvalue weighted by Gasteiger charge is -2.61. The molecule has 21 heavy (non-hydrogen) atoms. The average Bonchev–Trinajstić information content (AvgIpc) is 2.93. The number of halogens is 1. The zero-order valence-electron chi connectivity index (χ0n) is 12.6. The Hall–Kier alpha value is -1.46. The molecule has 1 saturated heterocycles. The molecular formula is C16H21FN2O2. The van der Waals surface area contributed by atoms with Crippen LogP contribution in [0.3, 0.4) is 0 Å². The van der Waals surface area contributed by atoms with Crippen LogP contribution in [0, 0.1) is 17.2 Å². The molecule has 0 aromatic heterocycles. The third kappa shape index (κ3) is 1.71. The number of carbonyl (C=O) groups is 1. The van der Waals surface area contributed by atoms with E-state index in [0.717, 1.165) is 6.42 Å². The van der Waals surface area contributed by atoms with Gasteiger partial charge in [0.1, 0.15) is 11.4 Å². The molecule has 3 atom stereocenters. The third-order valence-electron chi connectivity index (χ3n) is 5.33. The number of ether oxygens (including phenoxy) is 1. The fourth-order valence-electron chi connectivity index (χ4n) is 3.93. The highest BCUT2D eigenvalue weighted by atomic mass is 19.1. The molecule has 2 aliphatic rings. The van der Waals surface area contributed by atoms with Crippen LogP contribution in [-0.4, -0.2) is 31.2 Å². The van der Waals surface area contributed by atoms with Crippen molar-refractivity contribution in [2.45, 2.75) is 31.9 Å². The molecule has 4 nitrogen and oxygen atoms in total. The Morgan fingerprint density at radius 1 is 1.43 bits per heavy atom. The van der Waals surface area contributed by atoms with E-state index in [1.54, 1.807) is 25.2 Å². The van der Waals surface area contributed by atoms with Gasteiger partial charge in [0.15, 0.2) is 0 Å². The van der Waals surface area contributed by atoms with Crippen LogP contribution in [0.4, 0.5) is 10.1 Å². The maximum absolute atomic E-state index is 13.9. The Labute approximate surface area is 124 Å². The van der Waals surface area contributed by atoms with Gasteiger partial charge in [0.2, 0.25) is 5.91 Å². The maximum atomic E-state index is 13.9. The predicted octanol–water partition coefficient (Wildman–Crippen LogP) is 1.93. The molecule has 1 amide bonds. The Balaban J connectivity index is 1.93. The minimum atomic E-state index is -1.01. The molecule has 0 radical (unpaired) electrons. The number of anilines is 1. The normalized spacial score (nSPS) is 33.2. The first-order chi connectivity index (χ1) is 9.81. The first-order valence-corrected chi connectivity index (χ1v) is 7.25. The summed E-state index contributed by atoms with van der Waals surface area (Å²) in [5, 5.41) is 0. The molecule has 1 heterocycles. The lowest BCUT2D eigenvalue weighted by Crippen LogP contribution is -2.80. The smallest absolute Gasteiger partial charge is 0.247 e. The van der Waals surface area contributed by atoms with Gasteiger partial charge in [-0.2, -0.15) is 0 Å². The van der Waals surface area contributed by atoms with Crippen LogP contribution < -0.4 is 10.6 Å². The highest BCUT2D eigenvalue weighted by molar-refractivity contribution is 6.02. The molecule has 1 aromatic carbocycles. The van der Waals surface area contributed by atoms with Crippen molar-refractivity contribution in [1.29, 1.82) is 0 Å². The quantitative estimate of drug-likeness (QED) is 0.906. The molecule has 3 unspecified atom stereocenters. The summed E-state index contributed by atoms with van der Waals surface area (Å²) >= 11 is 0. The van der Waals surface area contributed by atoms with Crippen molar-refractivity contribution < 1.29 is 13.9 Å². The van der Waals surface area contributed by atoms with Crippen molar-refractivity contribution in [2.75, 3.05) is 18.6 Å². The molecule has 2 N–H and O–H groups in total. The summed E-state index contributed by atoms with van der Waals surface area (Å²) in [6, 6.07) is 6.24. The van der Waals surface area contributed by atoms with Crippen molar-refractivity contribution in [1.82, 2.24) is 0 Å². The van der Waals surface area contributed by atoms with Crippen molar-refractivity contribution in [3.05, 3.63) is 30.1 Å². The van der Waals surface area contributed by atoms with Gasteiger partial charge in [-0.1, -0.05) is 26.0 Å². The standard InChI is InChI=1S/C16H21FN2O2/c1-15(2)13-10(8-9-21-13)16(15,18)14(20)19(3)12-7-5-4-6-11(12)17/h4-7,10,13H,8-9,18H2,1-3H3. The number of rotatable bonds is 2. The number of likely N-dealkylation sites (N-methyl/N-ethyl adjacent to an activating group) is 1. The van der Waals surface area contributed by atoms with Crippen LogP contribution in [0.1, 0.15) is 20.3 Å². The van der Waals surface area contributed by atoms with E-state index in [-0.39, 0.29) is 23.6 Å². The molecule has 1 aromatic rings. The van der Waals surface area contributed by atoms with Crippen molar-refractivity contribution in [2.24, 2.45) is 17.1 Å². The van der Waals surface area contributed by atoms with E-state index in [0.29, 0.717) is 6.61 Å². The molecule has 1 saturated carbocycles. The van der Waals surface area contributed by atoms with E-state index in [9.17, 15) is 9.18 Å². The molecular weight excluding hydrogens is 271 g/mol. The Bertz CT molecular complexity index is 589. The van der Waals surface area contributed by atoms with Gasteiger partial charge >= 0.3 is 0 Å². The largest absolute Gasteiger partial charge is 0.377 e. The fraction of sp³-hybridized carbons (Fsp3) is 0.562. The van der Waals surface area contributed by atoms with E-state index in [2.05, 4.69) is 0 Å². The highest BCUT2D eigenvalue weighted by Gasteiger charge is 2.71. The average molecular weight is 292 g/mol. The third-order valence-corrected chi connectivity index (χ3v) is 5.33. The number of hydrogen-bond acceptors (Lipinski definition) is 3. The first kappa shape index (κ1) is 14.5. The summed E-state index contributed by atoms with van der Waals surface area (Å²) in [5.74, 6) is -0.660. The van der Waals surface area contributed by atoms with Crippen LogP contribution in [0.2, 0.25) is 0 Å². The van der Waals surface area contributed by atoms with Crippen molar-refractivity contribution in [3.63, 3.8) is 0 Å².